The molecule has 0 bridgehead atoms. The number of aryl methyl sites for hydroxylation is 1. The summed E-state index contributed by atoms with van der Waals surface area (Å²) in [6, 6.07) is 24.1. The number of carbonyl (C=O) groups excluding carboxylic acids is 3. The van der Waals surface area contributed by atoms with Crippen LogP contribution < -0.4 is 10.6 Å². The molecule has 3 aromatic carbocycles. The largest absolute Gasteiger partial charge is 0.340 e. The van der Waals surface area contributed by atoms with Crippen LogP contribution in [0.2, 0.25) is 0 Å². The zero-order chi connectivity index (χ0) is 26.8. The van der Waals surface area contributed by atoms with Crippen LogP contribution in [0.3, 0.4) is 0 Å². The molecule has 0 aliphatic carbocycles. The van der Waals surface area contributed by atoms with Gasteiger partial charge in [0, 0.05) is 34.4 Å². The maximum atomic E-state index is 13.1. The lowest BCUT2D eigenvalue weighted by atomic mass is 10.1. The molecule has 1 aromatic heterocycles. The lowest BCUT2D eigenvalue weighted by molar-refractivity contribution is -0.127. The molecule has 1 aliphatic heterocycles. The average Bonchev–Trinajstić information content (AvgIpc) is 3.33. The van der Waals surface area contributed by atoms with E-state index >= 15 is 0 Å². The quantitative estimate of drug-likeness (QED) is 0.294. The summed E-state index contributed by atoms with van der Waals surface area (Å²) in [5.41, 5.74) is 5.82. The minimum absolute atomic E-state index is 0.0987. The normalized spacial score (nSPS) is 14.1. The molecule has 188 valence electrons. The maximum Gasteiger partial charge on any atom is 0.329 e. The van der Waals surface area contributed by atoms with Crippen LogP contribution in [0.15, 0.2) is 78.5 Å². The van der Waals surface area contributed by atoms with Crippen molar-refractivity contribution >= 4 is 40.5 Å². The molecule has 0 spiro atoms. The molecule has 1 fully saturated rings. The maximum absolute atomic E-state index is 13.1. The molecule has 0 unspecified atom stereocenters. The molecule has 2 heterocycles. The van der Waals surface area contributed by atoms with Crippen molar-refractivity contribution in [3.05, 3.63) is 106 Å². The van der Waals surface area contributed by atoms with Gasteiger partial charge in [-0.1, -0.05) is 54.1 Å². The van der Waals surface area contributed by atoms with E-state index in [1.165, 1.54) is 0 Å². The highest BCUT2D eigenvalue weighted by Crippen LogP contribution is 2.30. The highest BCUT2D eigenvalue weighted by atomic mass is 16.2. The van der Waals surface area contributed by atoms with Crippen molar-refractivity contribution in [2.45, 2.75) is 20.4 Å². The standard InChI is InChI=1S/C30H25N5O3/c1-19-11-13-23(14-12-19)32-28(36)18-35-29(37)26(33-30(35)38)15-25-20(2)34(27-10-6-5-9-24(25)27)17-22-8-4-3-7-21(22)16-31/h3-15H,17-18H2,1-2H3,(H,32,36)(H,33,38)/b26-15+. The van der Waals surface area contributed by atoms with Crippen LogP contribution in [-0.4, -0.2) is 33.9 Å². The van der Waals surface area contributed by atoms with Crippen LogP contribution in [0.5, 0.6) is 0 Å². The van der Waals surface area contributed by atoms with Crippen molar-refractivity contribution in [2.24, 2.45) is 0 Å². The van der Waals surface area contributed by atoms with Crippen LogP contribution in [0.4, 0.5) is 10.5 Å². The predicted molar refractivity (Wildman–Crippen MR) is 145 cm³/mol. The predicted octanol–water partition coefficient (Wildman–Crippen LogP) is 4.71. The third-order valence-electron chi connectivity index (χ3n) is 6.63. The Morgan fingerprint density at radius 1 is 1.00 bits per heavy atom. The van der Waals surface area contributed by atoms with Crippen molar-refractivity contribution in [3.63, 3.8) is 0 Å². The summed E-state index contributed by atoms with van der Waals surface area (Å²) < 4.78 is 2.09. The van der Waals surface area contributed by atoms with E-state index in [9.17, 15) is 19.6 Å². The van der Waals surface area contributed by atoms with Gasteiger partial charge in [0.2, 0.25) is 5.91 Å². The summed E-state index contributed by atoms with van der Waals surface area (Å²) in [6.45, 7) is 3.96. The van der Waals surface area contributed by atoms with Crippen LogP contribution in [-0.2, 0) is 16.1 Å². The summed E-state index contributed by atoms with van der Waals surface area (Å²) in [5, 5.41) is 15.8. The Balaban J connectivity index is 1.43. The number of amides is 4. The Bertz CT molecular complexity index is 1660. The van der Waals surface area contributed by atoms with Gasteiger partial charge in [-0.15, -0.1) is 0 Å². The SMILES string of the molecule is Cc1ccc(NC(=O)CN2C(=O)N/C(=C/c3c(C)n(Cc4ccccc4C#N)c4ccccc34)C2=O)cc1. The number of hydrogen-bond acceptors (Lipinski definition) is 4. The Morgan fingerprint density at radius 2 is 1.71 bits per heavy atom. The van der Waals surface area contributed by atoms with Crippen molar-refractivity contribution in [3.8, 4) is 6.07 Å². The molecule has 5 rings (SSSR count). The number of aromatic nitrogens is 1. The lowest BCUT2D eigenvalue weighted by Gasteiger charge is -2.12. The number of hydrogen-bond donors (Lipinski definition) is 2. The van der Waals surface area contributed by atoms with E-state index in [2.05, 4.69) is 21.3 Å². The first-order valence-corrected chi connectivity index (χ1v) is 12.1. The van der Waals surface area contributed by atoms with Gasteiger partial charge in [-0.05, 0) is 49.8 Å². The van der Waals surface area contributed by atoms with E-state index in [0.29, 0.717) is 17.8 Å². The number of imide groups is 1. The fourth-order valence-corrected chi connectivity index (χ4v) is 4.62. The van der Waals surface area contributed by atoms with E-state index in [-0.39, 0.29) is 5.70 Å². The second-order valence-electron chi connectivity index (χ2n) is 9.16. The number of nitriles is 1. The minimum Gasteiger partial charge on any atom is -0.340 e. The van der Waals surface area contributed by atoms with Gasteiger partial charge in [0.25, 0.3) is 5.91 Å². The van der Waals surface area contributed by atoms with Gasteiger partial charge in [0.15, 0.2) is 0 Å². The highest BCUT2D eigenvalue weighted by Gasteiger charge is 2.35. The molecule has 4 aromatic rings. The van der Waals surface area contributed by atoms with Crippen LogP contribution in [0.25, 0.3) is 17.0 Å². The lowest BCUT2D eigenvalue weighted by Crippen LogP contribution is -2.38. The second-order valence-corrected chi connectivity index (χ2v) is 9.16. The summed E-state index contributed by atoms with van der Waals surface area (Å²) >= 11 is 0. The van der Waals surface area contributed by atoms with Crippen molar-refractivity contribution < 1.29 is 14.4 Å². The smallest absolute Gasteiger partial charge is 0.329 e. The van der Waals surface area contributed by atoms with Crippen LogP contribution >= 0.6 is 0 Å². The van der Waals surface area contributed by atoms with E-state index in [1.54, 1.807) is 24.3 Å². The number of nitrogens with zero attached hydrogens (tertiary/aromatic N) is 3. The third kappa shape index (κ3) is 4.65. The summed E-state index contributed by atoms with van der Waals surface area (Å²) in [6.07, 6.45) is 1.66. The van der Waals surface area contributed by atoms with E-state index < -0.39 is 24.4 Å². The van der Waals surface area contributed by atoms with E-state index in [0.717, 1.165) is 38.2 Å². The first-order chi connectivity index (χ1) is 18.4. The van der Waals surface area contributed by atoms with Gasteiger partial charge in [-0.2, -0.15) is 5.26 Å². The fraction of sp³-hybridized carbons (Fsp3) is 0.133. The van der Waals surface area contributed by atoms with Crippen molar-refractivity contribution in [2.75, 3.05) is 11.9 Å². The van der Waals surface area contributed by atoms with Crippen LogP contribution in [0.1, 0.15) is 27.9 Å². The minimum atomic E-state index is -0.648. The van der Waals surface area contributed by atoms with Gasteiger partial charge < -0.3 is 15.2 Å². The monoisotopic (exact) mass is 503 g/mol. The molecular weight excluding hydrogens is 478 g/mol. The van der Waals surface area contributed by atoms with Gasteiger partial charge in [0.1, 0.15) is 12.2 Å². The number of anilines is 1. The number of fused-ring (bicyclic) bond motifs is 1. The van der Waals surface area contributed by atoms with Gasteiger partial charge in [0.05, 0.1) is 11.6 Å². The Labute approximate surface area is 219 Å². The molecule has 4 amide bonds. The van der Waals surface area contributed by atoms with Gasteiger partial charge >= 0.3 is 6.03 Å². The number of benzene rings is 3. The molecule has 1 aliphatic rings. The van der Waals surface area contributed by atoms with E-state index in [1.807, 2.05) is 68.4 Å². The Morgan fingerprint density at radius 3 is 2.47 bits per heavy atom. The van der Waals surface area contributed by atoms with Crippen molar-refractivity contribution in [1.29, 1.82) is 5.26 Å². The molecule has 2 N–H and O–H groups in total. The zero-order valence-corrected chi connectivity index (χ0v) is 21.0. The molecule has 0 atom stereocenters. The zero-order valence-electron chi connectivity index (χ0n) is 21.0. The molecule has 38 heavy (non-hydrogen) atoms. The summed E-state index contributed by atoms with van der Waals surface area (Å²) in [5.74, 6) is -1.04. The van der Waals surface area contributed by atoms with Gasteiger partial charge in [-0.25, -0.2) is 9.69 Å². The van der Waals surface area contributed by atoms with Gasteiger partial charge in [-0.3, -0.25) is 9.59 Å². The molecule has 8 heteroatoms. The first kappa shape index (κ1) is 24.5. The second kappa shape index (κ2) is 10.1. The molecule has 0 radical (unpaired) electrons. The topological polar surface area (TPSA) is 107 Å². The number of para-hydroxylation sites is 1. The summed E-state index contributed by atoms with van der Waals surface area (Å²) in [4.78, 5) is 39.2. The Kier molecular flexibility index (Phi) is 6.50. The number of urea groups is 1. The summed E-state index contributed by atoms with van der Waals surface area (Å²) in [7, 11) is 0. The Hall–Kier alpha value is -5.16. The third-order valence-corrected chi connectivity index (χ3v) is 6.63. The number of nitrogens with one attached hydrogen (secondary N) is 2. The average molecular weight is 504 g/mol. The molecule has 0 saturated carbocycles. The van der Waals surface area contributed by atoms with Crippen LogP contribution in [0, 0.1) is 25.2 Å². The molecule has 8 nitrogen and oxygen atoms in total. The number of rotatable bonds is 6. The van der Waals surface area contributed by atoms with E-state index in [4.69, 9.17) is 0 Å². The molecular formula is C30H25N5O3. The highest BCUT2D eigenvalue weighted by molar-refractivity contribution is 6.16. The fourth-order valence-electron chi connectivity index (χ4n) is 4.62. The molecule has 1 saturated heterocycles. The first-order valence-electron chi connectivity index (χ1n) is 12.1. The van der Waals surface area contributed by atoms with Crippen molar-refractivity contribution in [1.82, 2.24) is 14.8 Å². The number of carbonyl (C=O) groups is 3.